The summed E-state index contributed by atoms with van der Waals surface area (Å²) in [6, 6.07) is 7.90. The highest BCUT2D eigenvalue weighted by Gasteiger charge is 2.27. The standard InChI is InChI=1S/C19H33NO3/c1-2-3-4-5-6-7-8-16-9-11-17(12-10-16)18(23)13-19(20,14-21)15-22/h9-12,18,21-23H,2-8,13-15,20H2,1H3. The fraction of sp³-hybridized carbons (Fsp3) is 0.684. The van der Waals surface area contributed by atoms with Crippen LogP contribution in [0, 0.1) is 0 Å². The fourth-order valence-electron chi connectivity index (χ4n) is 2.70. The van der Waals surface area contributed by atoms with Gasteiger partial charge < -0.3 is 21.1 Å². The molecule has 1 atom stereocenters. The maximum Gasteiger partial charge on any atom is 0.0809 e. The quantitative estimate of drug-likeness (QED) is 0.445. The Morgan fingerprint density at radius 1 is 0.957 bits per heavy atom. The molecule has 23 heavy (non-hydrogen) atoms. The number of rotatable bonds is 12. The van der Waals surface area contributed by atoms with E-state index in [1.807, 2.05) is 24.3 Å². The van der Waals surface area contributed by atoms with E-state index in [9.17, 15) is 15.3 Å². The molecule has 0 radical (unpaired) electrons. The molecule has 0 heterocycles. The van der Waals surface area contributed by atoms with Crippen molar-refractivity contribution in [1.82, 2.24) is 0 Å². The maximum atomic E-state index is 10.2. The lowest BCUT2D eigenvalue weighted by atomic mass is 9.91. The first-order chi connectivity index (χ1) is 11.0. The summed E-state index contributed by atoms with van der Waals surface area (Å²) in [7, 11) is 0. The molecule has 0 spiro atoms. The van der Waals surface area contributed by atoms with Gasteiger partial charge in [-0.15, -0.1) is 0 Å². The van der Waals surface area contributed by atoms with Crippen molar-refractivity contribution in [1.29, 1.82) is 0 Å². The van der Waals surface area contributed by atoms with Gasteiger partial charge in [0.25, 0.3) is 0 Å². The largest absolute Gasteiger partial charge is 0.394 e. The molecule has 0 saturated heterocycles. The Balaban J connectivity index is 2.40. The molecule has 0 bridgehead atoms. The average molecular weight is 323 g/mol. The van der Waals surface area contributed by atoms with E-state index in [-0.39, 0.29) is 19.6 Å². The van der Waals surface area contributed by atoms with Crippen molar-refractivity contribution in [3.63, 3.8) is 0 Å². The third kappa shape index (κ3) is 7.44. The average Bonchev–Trinajstić information content (AvgIpc) is 2.58. The van der Waals surface area contributed by atoms with Crippen molar-refractivity contribution < 1.29 is 15.3 Å². The summed E-state index contributed by atoms with van der Waals surface area (Å²) < 4.78 is 0. The lowest BCUT2D eigenvalue weighted by molar-refractivity contribution is 0.0618. The van der Waals surface area contributed by atoms with Crippen molar-refractivity contribution >= 4 is 0 Å². The zero-order valence-corrected chi connectivity index (χ0v) is 14.4. The first-order valence-electron chi connectivity index (χ1n) is 8.82. The minimum absolute atomic E-state index is 0.136. The predicted octanol–water partition coefficient (Wildman–Crippen LogP) is 2.70. The van der Waals surface area contributed by atoms with Crippen LogP contribution in [0.4, 0.5) is 0 Å². The second kappa shape index (κ2) is 10.8. The summed E-state index contributed by atoms with van der Waals surface area (Å²) >= 11 is 0. The molecule has 0 saturated carbocycles. The van der Waals surface area contributed by atoms with Crippen LogP contribution < -0.4 is 5.73 Å². The third-order valence-corrected chi connectivity index (χ3v) is 4.41. The number of hydrogen-bond donors (Lipinski definition) is 4. The molecule has 0 aliphatic carbocycles. The summed E-state index contributed by atoms with van der Waals surface area (Å²) in [5, 5.41) is 28.6. The highest BCUT2D eigenvalue weighted by Crippen LogP contribution is 2.23. The van der Waals surface area contributed by atoms with Crippen LogP contribution in [0.3, 0.4) is 0 Å². The lowest BCUT2D eigenvalue weighted by Crippen LogP contribution is -2.48. The van der Waals surface area contributed by atoms with E-state index in [4.69, 9.17) is 5.73 Å². The zero-order chi connectivity index (χ0) is 17.1. The molecule has 4 nitrogen and oxygen atoms in total. The second-order valence-electron chi connectivity index (χ2n) is 6.66. The maximum absolute atomic E-state index is 10.2. The number of benzene rings is 1. The molecule has 0 aliphatic heterocycles. The smallest absolute Gasteiger partial charge is 0.0809 e. The van der Waals surface area contributed by atoms with Crippen molar-refractivity contribution in [2.75, 3.05) is 13.2 Å². The van der Waals surface area contributed by atoms with Gasteiger partial charge >= 0.3 is 0 Å². The molecular formula is C19H33NO3. The van der Waals surface area contributed by atoms with E-state index in [2.05, 4.69) is 6.92 Å². The normalized spacial score (nSPS) is 13.3. The van der Waals surface area contributed by atoms with Crippen molar-refractivity contribution in [2.24, 2.45) is 5.73 Å². The molecule has 0 aromatic heterocycles. The van der Waals surface area contributed by atoms with Gasteiger partial charge in [-0.1, -0.05) is 63.3 Å². The molecular weight excluding hydrogens is 290 g/mol. The first kappa shape index (κ1) is 20.1. The molecule has 0 fully saturated rings. The van der Waals surface area contributed by atoms with Crippen LogP contribution in [0.2, 0.25) is 0 Å². The molecule has 1 aromatic carbocycles. The predicted molar refractivity (Wildman–Crippen MR) is 94.2 cm³/mol. The van der Waals surface area contributed by atoms with Crippen LogP contribution in [0.15, 0.2) is 24.3 Å². The number of aryl methyl sites for hydroxylation is 1. The molecule has 5 N–H and O–H groups in total. The first-order valence-corrected chi connectivity index (χ1v) is 8.82. The summed E-state index contributed by atoms with van der Waals surface area (Å²) in [4.78, 5) is 0. The highest BCUT2D eigenvalue weighted by atomic mass is 16.3. The number of aliphatic hydroxyl groups excluding tert-OH is 3. The topological polar surface area (TPSA) is 86.7 Å². The van der Waals surface area contributed by atoms with Gasteiger partial charge in [-0.25, -0.2) is 0 Å². The molecule has 0 amide bonds. The van der Waals surface area contributed by atoms with Crippen LogP contribution in [0.25, 0.3) is 0 Å². The molecule has 1 unspecified atom stereocenters. The minimum atomic E-state index is -1.14. The van der Waals surface area contributed by atoms with E-state index in [0.717, 1.165) is 12.0 Å². The van der Waals surface area contributed by atoms with E-state index in [1.54, 1.807) is 0 Å². The van der Waals surface area contributed by atoms with E-state index >= 15 is 0 Å². The van der Waals surface area contributed by atoms with Gasteiger partial charge in [-0.3, -0.25) is 0 Å². The third-order valence-electron chi connectivity index (χ3n) is 4.41. The van der Waals surface area contributed by atoms with Crippen LogP contribution in [-0.4, -0.2) is 34.1 Å². The summed E-state index contributed by atoms with van der Waals surface area (Å²) in [5.41, 5.74) is 6.73. The molecule has 1 aromatic rings. The number of unbranched alkanes of at least 4 members (excludes halogenated alkanes) is 5. The van der Waals surface area contributed by atoms with Crippen molar-refractivity contribution in [2.45, 2.75) is 69.9 Å². The Kier molecular flexibility index (Phi) is 9.41. The Bertz CT molecular complexity index is 415. The molecule has 0 aliphatic rings. The summed E-state index contributed by atoms with van der Waals surface area (Å²) in [6.07, 6.45) is 8.15. The van der Waals surface area contributed by atoms with Gasteiger partial charge in [0.05, 0.1) is 24.9 Å². The van der Waals surface area contributed by atoms with Crippen LogP contribution >= 0.6 is 0 Å². The van der Waals surface area contributed by atoms with Crippen molar-refractivity contribution in [3.8, 4) is 0 Å². The molecule has 132 valence electrons. The monoisotopic (exact) mass is 323 g/mol. The van der Waals surface area contributed by atoms with Crippen LogP contribution in [0.5, 0.6) is 0 Å². The van der Waals surface area contributed by atoms with Gasteiger partial charge in [-0.2, -0.15) is 0 Å². The SMILES string of the molecule is CCCCCCCCc1ccc(C(O)CC(N)(CO)CO)cc1. The minimum Gasteiger partial charge on any atom is -0.394 e. The number of aliphatic hydroxyl groups is 3. The number of hydrogen-bond acceptors (Lipinski definition) is 4. The van der Waals surface area contributed by atoms with E-state index in [0.29, 0.717) is 0 Å². The Morgan fingerprint density at radius 2 is 1.52 bits per heavy atom. The second-order valence-corrected chi connectivity index (χ2v) is 6.66. The van der Waals surface area contributed by atoms with Gasteiger partial charge in [0.2, 0.25) is 0 Å². The Morgan fingerprint density at radius 3 is 2.09 bits per heavy atom. The van der Waals surface area contributed by atoms with Gasteiger partial charge in [0.15, 0.2) is 0 Å². The Hall–Kier alpha value is -0.940. The lowest BCUT2D eigenvalue weighted by Gasteiger charge is -2.27. The van der Waals surface area contributed by atoms with Gasteiger partial charge in [0.1, 0.15) is 0 Å². The Labute approximate surface area is 140 Å². The summed E-state index contributed by atoms with van der Waals surface area (Å²) in [6.45, 7) is 1.53. The van der Waals surface area contributed by atoms with Crippen LogP contribution in [-0.2, 0) is 6.42 Å². The number of nitrogens with two attached hydrogens (primary N) is 1. The fourth-order valence-corrected chi connectivity index (χ4v) is 2.70. The zero-order valence-electron chi connectivity index (χ0n) is 14.4. The molecule has 4 heteroatoms. The van der Waals surface area contributed by atoms with Crippen LogP contribution in [0.1, 0.15) is 69.1 Å². The van der Waals surface area contributed by atoms with E-state index < -0.39 is 11.6 Å². The molecule has 1 rings (SSSR count). The van der Waals surface area contributed by atoms with Crippen molar-refractivity contribution in [3.05, 3.63) is 35.4 Å². The van der Waals surface area contributed by atoms with Gasteiger partial charge in [0, 0.05) is 0 Å². The van der Waals surface area contributed by atoms with Gasteiger partial charge in [-0.05, 0) is 30.4 Å². The summed E-state index contributed by atoms with van der Waals surface area (Å²) in [5.74, 6) is 0. The van der Waals surface area contributed by atoms with E-state index in [1.165, 1.54) is 44.1 Å². The highest BCUT2D eigenvalue weighted by molar-refractivity contribution is 5.24.